The lowest BCUT2D eigenvalue weighted by Gasteiger charge is -2.29. The highest BCUT2D eigenvalue weighted by Crippen LogP contribution is 2.21. The number of furan rings is 1. The second kappa shape index (κ2) is 3.41. The summed E-state index contributed by atoms with van der Waals surface area (Å²) in [5, 5.41) is 0.226. The first kappa shape index (κ1) is 8.01. The maximum Gasteiger partial charge on any atom is 0.195 e. The molecule has 0 aliphatic carbocycles. The van der Waals surface area contributed by atoms with Crippen molar-refractivity contribution in [3.8, 4) is 0 Å². The molecule has 0 bridgehead atoms. The average Bonchev–Trinajstić information content (AvgIpc) is 2.56. The molecule has 1 aliphatic heterocycles. The summed E-state index contributed by atoms with van der Waals surface area (Å²) in [4.78, 5) is 2.18. The van der Waals surface area contributed by atoms with Gasteiger partial charge in [-0.1, -0.05) is 0 Å². The van der Waals surface area contributed by atoms with Crippen molar-refractivity contribution in [3.05, 3.63) is 18.4 Å². The van der Waals surface area contributed by atoms with Gasteiger partial charge in [-0.3, -0.25) is 0 Å². The summed E-state index contributed by atoms with van der Waals surface area (Å²) < 4.78 is 5.28. The van der Waals surface area contributed by atoms with E-state index in [2.05, 4.69) is 4.90 Å². The highest BCUT2D eigenvalue weighted by Gasteiger charge is 2.18. The normalized spacial score (nSPS) is 24.4. The molecular weight excluding hydrogens is 172 g/mol. The van der Waals surface area contributed by atoms with Crippen molar-refractivity contribution in [2.45, 2.75) is 5.37 Å². The lowest BCUT2D eigenvalue weighted by Crippen LogP contribution is -2.41. The fourth-order valence-electron chi connectivity index (χ4n) is 1.33. The van der Waals surface area contributed by atoms with E-state index in [1.165, 1.54) is 0 Å². The highest BCUT2D eigenvalue weighted by molar-refractivity contribution is 7.99. The smallest absolute Gasteiger partial charge is 0.195 e. The van der Waals surface area contributed by atoms with Crippen molar-refractivity contribution >= 4 is 17.6 Å². The Morgan fingerprint density at radius 3 is 3.25 bits per heavy atom. The van der Waals surface area contributed by atoms with E-state index in [0.29, 0.717) is 0 Å². The summed E-state index contributed by atoms with van der Waals surface area (Å²) in [5.74, 6) is 2.02. The summed E-state index contributed by atoms with van der Waals surface area (Å²) in [7, 11) is 0. The zero-order valence-corrected chi connectivity index (χ0v) is 7.59. The maximum absolute atomic E-state index is 5.81. The summed E-state index contributed by atoms with van der Waals surface area (Å²) in [6.45, 7) is 1.92. The molecule has 2 heterocycles. The third kappa shape index (κ3) is 1.59. The van der Waals surface area contributed by atoms with Gasteiger partial charge in [0, 0.05) is 24.9 Å². The Labute approximate surface area is 75.9 Å². The van der Waals surface area contributed by atoms with Crippen LogP contribution in [0, 0.1) is 0 Å². The van der Waals surface area contributed by atoms with Crippen molar-refractivity contribution in [3.63, 3.8) is 0 Å². The molecule has 2 rings (SSSR count). The number of hydrogen-bond donors (Lipinski definition) is 1. The average molecular weight is 184 g/mol. The molecular formula is C8H12N2OS. The molecule has 0 spiro atoms. The van der Waals surface area contributed by atoms with Gasteiger partial charge in [0.25, 0.3) is 0 Å². The van der Waals surface area contributed by atoms with Crippen molar-refractivity contribution in [2.75, 3.05) is 23.7 Å². The number of hydrogen-bond acceptors (Lipinski definition) is 4. The molecule has 1 fully saturated rings. The molecule has 1 atom stereocenters. The molecule has 4 heteroatoms. The molecule has 1 aromatic heterocycles. The maximum atomic E-state index is 5.81. The minimum atomic E-state index is 0.226. The molecule has 0 saturated carbocycles. The summed E-state index contributed by atoms with van der Waals surface area (Å²) in [5.41, 5.74) is 5.81. The lowest BCUT2D eigenvalue weighted by atomic mass is 10.4. The monoisotopic (exact) mass is 184 g/mol. The van der Waals surface area contributed by atoms with E-state index in [1.54, 1.807) is 6.26 Å². The Morgan fingerprint density at radius 2 is 2.58 bits per heavy atom. The predicted molar refractivity (Wildman–Crippen MR) is 51.4 cm³/mol. The topological polar surface area (TPSA) is 42.4 Å². The fraction of sp³-hybridized carbons (Fsp3) is 0.500. The van der Waals surface area contributed by atoms with E-state index < -0.39 is 0 Å². The first-order chi connectivity index (χ1) is 5.86. The Balaban J connectivity index is 2.04. The number of anilines is 1. The van der Waals surface area contributed by atoms with Gasteiger partial charge in [0.05, 0.1) is 11.6 Å². The van der Waals surface area contributed by atoms with Crippen LogP contribution in [-0.2, 0) is 0 Å². The minimum Gasteiger partial charge on any atom is -0.449 e. The van der Waals surface area contributed by atoms with Crippen molar-refractivity contribution < 1.29 is 4.42 Å². The number of nitrogens with two attached hydrogens (primary N) is 1. The molecule has 0 aromatic carbocycles. The summed E-state index contributed by atoms with van der Waals surface area (Å²) in [6.07, 6.45) is 1.70. The molecule has 1 unspecified atom stereocenters. The van der Waals surface area contributed by atoms with Crippen LogP contribution >= 0.6 is 11.8 Å². The van der Waals surface area contributed by atoms with E-state index in [9.17, 15) is 0 Å². The molecule has 0 amide bonds. The van der Waals surface area contributed by atoms with Crippen molar-refractivity contribution in [1.29, 1.82) is 0 Å². The van der Waals surface area contributed by atoms with Crippen LogP contribution in [0.25, 0.3) is 0 Å². The van der Waals surface area contributed by atoms with Gasteiger partial charge in [0.1, 0.15) is 0 Å². The first-order valence-corrected chi connectivity index (χ1v) is 5.07. The van der Waals surface area contributed by atoms with Crippen LogP contribution in [0.5, 0.6) is 0 Å². The highest BCUT2D eigenvalue weighted by atomic mass is 32.2. The van der Waals surface area contributed by atoms with Crippen LogP contribution in [0.3, 0.4) is 0 Å². The predicted octanol–water partition coefficient (Wildman–Crippen LogP) is 1.12. The Hall–Kier alpha value is -0.610. The largest absolute Gasteiger partial charge is 0.449 e. The number of rotatable bonds is 1. The van der Waals surface area contributed by atoms with Gasteiger partial charge in [0.2, 0.25) is 0 Å². The van der Waals surface area contributed by atoms with Crippen LogP contribution in [0.15, 0.2) is 22.8 Å². The Morgan fingerprint density at radius 1 is 1.67 bits per heavy atom. The van der Waals surface area contributed by atoms with Gasteiger partial charge in [0.15, 0.2) is 5.88 Å². The third-order valence-corrected chi connectivity index (χ3v) is 2.91. The summed E-state index contributed by atoms with van der Waals surface area (Å²) in [6, 6.07) is 3.88. The van der Waals surface area contributed by atoms with Crippen LogP contribution in [0.4, 0.5) is 5.88 Å². The molecule has 1 aliphatic rings. The van der Waals surface area contributed by atoms with E-state index in [4.69, 9.17) is 10.2 Å². The zero-order valence-electron chi connectivity index (χ0n) is 6.77. The van der Waals surface area contributed by atoms with Gasteiger partial charge >= 0.3 is 0 Å². The molecule has 0 radical (unpaired) electrons. The Kier molecular flexibility index (Phi) is 2.28. The molecule has 3 nitrogen and oxygen atoms in total. The third-order valence-electron chi connectivity index (χ3n) is 1.91. The standard InChI is InChI=1S/C8H12N2OS/c9-7-6-10(3-5-12-7)8-2-1-4-11-8/h1-2,4,7H,3,5-6,9H2. The lowest BCUT2D eigenvalue weighted by molar-refractivity contribution is 0.542. The molecule has 12 heavy (non-hydrogen) atoms. The van der Waals surface area contributed by atoms with Crippen LogP contribution in [-0.4, -0.2) is 24.2 Å². The van der Waals surface area contributed by atoms with E-state index in [-0.39, 0.29) is 5.37 Å². The first-order valence-electron chi connectivity index (χ1n) is 4.02. The number of nitrogens with zero attached hydrogens (tertiary/aromatic N) is 1. The van der Waals surface area contributed by atoms with Gasteiger partial charge in [-0.05, 0) is 6.07 Å². The molecule has 2 N–H and O–H groups in total. The second-order valence-corrected chi connectivity index (χ2v) is 4.15. The fourth-order valence-corrected chi connectivity index (χ4v) is 2.24. The van der Waals surface area contributed by atoms with Gasteiger partial charge in [-0.25, -0.2) is 0 Å². The van der Waals surface area contributed by atoms with E-state index in [0.717, 1.165) is 24.7 Å². The molecule has 1 aromatic rings. The second-order valence-electron chi connectivity index (χ2n) is 2.81. The van der Waals surface area contributed by atoms with Crippen LogP contribution < -0.4 is 10.6 Å². The Bertz CT molecular complexity index is 237. The van der Waals surface area contributed by atoms with Crippen LogP contribution in [0.2, 0.25) is 0 Å². The van der Waals surface area contributed by atoms with Gasteiger partial charge in [-0.2, -0.15) is 0 Å². The molecule has 1 saturated heterocycles. The van der Waals surface area contributed by atoms with E-state index >= 15 is 0 Å². The van der Waals surface area contributed by atoms with Crippen molar-refractivity contribution in [2.24, 2.45) is 5.73 Å². The van der Waals surface area contributed by atoms with Gasteiger partial charge < -0.3 is 15.1 Å². The van der Waals surface area contributed by atoms with Gasteiger partial charge in [-0.15, -0.1) is 11.8 Å². The zero-order chi connectivity index (χ0) is 8.39. The summed E-state index contributed by atoms with van der Waals surface area (Å²) >= 11 is 1.81. The van der Waals surface area contributed by atoms with E-state index in [1.807, 2.05) is 23.9 Å². The minimum absolute atomic E-state index is 0.226. The molecule has 66 valence electrons. The van der Waals surface area contributed by atoms with Crippen molar-refractivity contribution in [1.82, 2.24) is 0 Å². The van der Waals surface area contributed by atoms with Crippen LogP contribution in [0.1, 0.15) is 0 Å². The quantitative estimate of drug-likeness (QED) is 0.710. The SMILES string of the molecule is NC1CN(c2ccco2)CCS1. The number of thioether (sulfide) groups is 1.